The Morgan fingerprint density at radius 2 is 1.64 bits per heavy atom. The molecule has 4 aromatic rings. The van der Waals surface area contributed by atoms with E-state index >= 15 is 0 Å². The summed E-state index contributed by atoms with van der Waals surface area (Å²) >= 11 is 0. The number of guanidine groups is 1. The van der Waals surface area contributed by atoms with Gasteiger partial charge in [0.25, 0.3) is 0 Å². The molecule has 2 aliphatic rings. The molecule has 1 saturated heterocycles. The number of phenols is 1. The molecule has 15 nitrogen and oxygen atoms in total. The van der Waals surface area contributed by atoms with E-state index in [0.717, 1.165) is 5.56 Å². The number of aromatic hydroxyl groups is 1. The predicted octanol–water partition coefficient (Wildman–Crippen LogP) is 2.27. The number of phenolic OH excluding ortho intramolecular Hbond substituents is 1. The summed E-state index contributed by atoms with van der Waals surface area (Å²) in [5, 5.41) is 33.8. The van der Waals surface area contributed by atoms with Crippen LogP contribution in [0.25, 0.3) is 12.2 Å². The first-order chi connectivity index (χ1) is 26.7. The number of esters is 1. The van der Waals surface area contributed by atoms with Crippen LogP contribution in [-0.4, -0.2) is 82.7 Å². The van der Waals surface area contributed by atoms with E-state index in [4.69, 9.17) is 41.9 Å². The number of aliphatic hydroxyl groups excluding tert-OH is 2. The molecule has 292 valence electrons. The van der Waals surface area contributed by atoms with Crippen LogP contribution in [0.5, 0.6) is 17.2 Å². The number of ether oxygens (including phenoxy) is 4. The summed E-state index contributed by atoms with van der Waals surface area (Å²) in [6.07, 6.45) is -4.09. The second-order valence-corrected chi connectivity index (χ2v) is 13.4. The van der Waals surface area contributed by atoms with Crippen LogP contribution in [-0.2, 0) is 20.7 Å². The lowest BCUT2D eigenvalue weighted by molar-refractivity contribution is -0.278. The van der Waals surface area contributed by atoms with E-state index in [0.29, 0.717) is 11.1 Å². The molecule has 56 heavy (non-hydrogen) atoms. The van der Waals surface area contributed by atoms with Gasteiger partial charge in [0.05, 0.1) is 31.0 Å². The summed E-state index contributed by atoms with van der Waals surface area (Å²) in [5.74, 6) is -2.74. The molecule has 0 unspecified atom stereocenters. The first-order valence-electron chi connectivity index (χ1n) is 17.8. The normalized spacial score (nSPS) is 20.4. The standard InChI is InChI=1S/C41H43N5O10/c1-20-33(48)37(52)38(53-16-15-46-41(44)45)40(54-20)56-30-19-28-32(35(50)27(30)18-23-9-6-10-24(17-23)39(42)43)34(49)26-13-14-29(55-21(2)47)25(31(26)36(28)51)12-11-22-7-4-3-5-8-22/h3-14,17,19-20,33,37-40,48,50,52H,15-16,18,42-43H2,1-2H3,(H4,44,45,46)/b12-11-/t20-,33+,37+,38+,40+/m0/s1. The largest absolute Gasteiger partial charge is 0.507 e. The third-order valence-electron chi connectivity index (χ3n) is 9.45. The molecule has 0 saturated carbocycles. The van der Waals surface area contributed by atoms with Crippen molar-refractivity contribution >= 4 is 35.6 Å². The van der Waals surface area contributed by atoms with Crippen LogP contribution in [0, 0.1) is 0 Å². The molecule has 1 aliphatic carbocycles. The zero-order valence-corrected chi connectivity index (χ0v) is 30.6. The third kappa shape index (κ3) is 8.33. The minimum Gasteiger partial charge on any atom is -0.507 e. The van der Waals surface area contributed by atoms with Crippen molar-refractivity contribution in [2.24, 2.45) is 27.9 Å². The van der Waals surface area contributed by atoms with Crippen molar-refractivity contribution in [1.29, 1.82) is 0 Å². The van der Waals surface area contributed by atoms with Crippen molar-refractivity contribution < 1.29 is 48.7 Å². The van der Waals surface area contributed by atoms with Gasteiger partial charge in [0.2, 0.25) is 6.29 Å². The fourth-order valence-corrected chi connectivity index (χ4v) is 6.70. The lowest BCUT2D eigenvalue weighted by Crippen LogP contribution is -2.59. The molecule has 11 N–H and O–H groups in total. The molecule has 6 rings (SSSR count). The molecule has 1 heterocycles. The third-order valence-corrected chi connectivity index (χ3v) is 9.45. The van der Waals surface area contributed by atoms with Crippen molar-refractivity contribution in [3.05, 3.63) is 123 Å². The highest BCUT2D eigenvalue weighted by molar-refractivity contribution is 6.31. The topological polar surface area (TPSA) is 265 Å². The number of carbonyl (C=O) groups excluding carboxylic acids is 3. The van der Waals surface area contributed by atoms with Gasteiger partial charge in [0, 0.05) is 41.2 Å². The Bertz CT molecular complexity index is 2200. The smallest absolute Gasteiger partial charge is 0.308 e. The summed E-state index contributed by atoms with van der Waals surface area (Å²) in [5.41, 5.74) is 24.5. The second-order valence-electron chi connectivity index (χ2n) is 13.4. The van der Waals surface area contributed by atoms with E-state index in [1.54, 1.807) is 36.4 Å². The number of hydrogen-bond acceptors (Lipinski definition) is 13. The number of nitrogens with two attached hydrogens (primary N) is 4. The maximum absolute atomic E-state index is 14.7. The van der Waals surface area contributed by atoms with Crippen molar-refractivity contribution in [1.82, 2.24) is 0 Å². The Balaban J connectivity index is 1.50. The maximum Gasteiger partial charge on any atom is 0.308 e. The molecule has 15 heteroatoms. The quantitative estimate of drug-likeness (QED) is 0.0183. The highest BCUT2D eigenvalue weighted by atomic mass is 16.7. The number of aliphatic hydroxyl groups is 2. The molecule has 0 radical (unpaired) electrons. The van der Waals surface area contributed by atoms with Gasteiger partial charge in [0.1, 0.15) is 35.6 Å². The van der Waals surface area contributed by atoms with Gasteiger partial charge in [-0.2, -0.15) is 0 Å². The summed E-state index contributed by atoms with van der Waals surface area (Å²) in [4.78, 5) is 45.1. The van der Waals surface area contributed by atoms with E-state index < -0.39 is 60.2 Å². The van der Waals surface area contributed by atoms with Gasteiger partial charge in [0.15, 0.2) is 17.5 Å². The van der Waals surface area contributed by atoms with Crippen LogP contribution >= 0.6 is 0 Å². The molecule has 1 fully saturated rings. The molecule has 0 aromatic heterocycles. The zero-order chi connectivity index (χ0) is 40.3. The number of fused-ring (bicyclic) bond motifs is 2. The minimum absolute atomic E-state index is 0.0147. The van der Waals surface area contributed by atoms with E-state index in [9.17, 15) is 29.7 Å². The maximum atomic E-state index is 14.7. The van der Waals surface area contributed by atoms with E-state index in [2.05, 4.69) is 4.99 Å². The molecule has 0 spiro atoms. The second kappa shape index (κ2) is 16.8. The molecular formula is C41H43N5O10. The number of aliphatic imine (C=N–C) groups is 1. The lowest BCUT2D eigenvalue weighted by Gasteiger charge is -2.41. The van der Waals surface area contributed by atoms with Crippen LogP contribution in [0.3, 0.4) is 0 Å². The summed E-state index contributed by atoms with van der Waals surface area (Å²) < 4.78 is 23.7. The van der Waals surface area contributed by atoms with Crippen molar-refractivity contribution in [2.75, 3.05) is 13.2 Å². The fourth-order valence-electron chi connectivity index (χ4n) is 6.70. The van der Waals surface area contributed by atoms with Gasteiger partial charge in [-0.1, -0.05) is 60.7 Å². The SMILES string of the molecule is CC(=O)Oc1ccc2c(c1/C=C\c1ccccc1)C(=O)c1cc(O[C@H]3O[C@@H](C)[C@@H](O)[C@@H](O)[C@H]3OCCN=C(N)N)c(Cc3cccc(C(N)N)c3)c(O)c1C2=O. The number of hydrogen-bond donors (Lipinski definition) is 7. The summed E-state index contributed by atoms with van der Waals surface area (Å²) in [6.45, 7) is 2.65. The highest BCUT2D eigenvalue weighted by Crippen LogP contribution is 2.44. The number of benzene rings is 4. The summed E-state index contributed by atoms with van der Waals surface area (Å²) in [7, 11) is 0. The minimum atomic E-state index is -1.51. The summed E-state index contributed by atoms with van der Waals surface area (Å²) in [6, 6.07) is 20.2. The Morgan fingerprint density at radius 3 is 2.34 bits per heavy atom. The number of nitrogens with zero attached hydrogens (tertiary/aromatic N) is 1. The average molecular weight is 766 g/mol. The van der Waals surface area contributed by atoms with Gasteiger partial charge < -0.3 is 57.2 Å². The van der Waals surface area contributed by atoms with Gasteiger partial charge in [-0.05, 0) is 47.9 Å². The number of rotatable bonds is 12. The molecular weight excluding hydrogens is 722 g/mol. The monoisotopic (exact) mass is 765 g/mol. The fraction of sp³-hybridized carbons (Fsp3) is 0.268. The first kappa shape index (κ1) is 39.7. The van der Waals surface area contributed by atoms with Crippen LogP contribution in [0.1, 0.15) is 79.7 Å². The van der Waals surface area contributed by atoms with E-state index in [-0.39, 0.29) is 70.4 Å². The first-order valence-corrected chi connectivity index (χ1v) is 17.8. The van der Waals surface area contributed by atoms with Crippen molar-refractivity contribution in [3.8, 4) is 17.2 Å². The van der Waals surface area contributed by atoms with E-state index in [1.165, 1.54) is 32.0 Å². The van der Waals surface area contributed by atoms with Crippen LogP contribution < -0.4 is 32.4 Å². The molecule has 4 aromatic carbocycles. The molecule has 5 atom stereocenters. The Hall–Kier alpha value is -5.94. The Kier molecular flexibility index (Phi) is 11.9. The van der Waals surface area contributed by atoms with Gasteiger partial charge in [-0.15, -0.1) is 0 Å². The van der Waals surface area contributed by atoms with Crippen LogP contribution in [0.4, 0.5) is 0 Å². The van der Waals surface area contributed by atoms with E-state index in [1.807, 2.05) is 30.3 Å². The molecule has 0 amide bonds. The number of ketones is 2. The van der Waals surface area contributed by atoms with Crippen molar-refractivity contribution in [3.63, 3.8) is 0 Å². The van der Waals surface area contributed by atoms with Gasteiger partial charge in [-0.3, -0.25) is 19.4 Å². The highest BCUT2D eigenvalue weighted by Gasteiger charge is 2.46. The molecule has 0 bridgehead atoms. The Labute approximate surface area is 322 Å². The predicted molar refractivity (Wildman–Crippen MR) is 206 cm³/mol. The Morgan fingerprint density at radius 1 is 0.911 bits per heavy atom. The van der Waals surface area contributed by atoms with Crippen molar-refractivity contribution in [2.45, 2.75) is 57.1 Å². The number of carbonyl (C=O) groups is 3. The molecule has 1 aliphatic heterocycles. The van der Waals surface area contributed by atoms with Crippen LogP contribution in [0.15, 0.2) is 77.8 Å². The average Bonchev–Trinajstić information content (AvgIpc) is 3.16. The lowest BCUT2D eigenvalue weighted by atomic mass is 9.79. The van der Waals surface area contributed by atoms with Gasteiger partial charge in [-0.25, -0.2) is 0 Å². The zero-order valence-electron chi connectivity index (χ0n) is 30.6. The van der Waals surface area contributed by atoms with Crippen LogP contribution in [0.2, 0.25) is 0 Å². The van der Waals surface area contributed by atoms with Gasteiger partial charge >= 0.3 is 5.97 Å².